The molecule has 168 valence electrons. The molecule has 2 aromatic heterocycles. The third-order valence-electron chi connectivity index (χ3n) is 7.62. The molecule has 0 bridgehead atoms. The Balaban J connectivity index is 1.27. The second-order valence-electron chi connectivity index (χ2n) is 9.65. The molecule has 0 N–H and O–H groups in total. The van der Waals surface area contributed by atoms with Gasteiger partial charge in [0.2, 0.25) is 0 Å². The summed E-state index contributed by atoms with van der Waals surface area (Å²) in [6.07, 6.45) is 10.3. The molecule has 1 saturated heterocycles. The number of esters is 1. The molecule has 1 aliphatic heterocycles. The zero-order valence-corrected chi connectivity index (χ0v) is 19.0. The monoisotopic (exact) mass is 425 g/mol. The number of carbonyl (C=O) groups is 1. The first-order valence-electron chi connectivity index (χ1n) is 12.1. The number of carbonyl (C=O) groups excluding carboxylic acids is 1. The van der Waals surface area contributed by atoms with Gasteiger partial charge in [0.05, 0.1) is 24.4 Å². The summed E-state index contributed by atoms with van der Waals surface area (Å²) in [5.74, 6) is 0.357. The highest BCUT2D eigenvalue weighted by atomic mass is 16.5. The summed E-state index contributed by atoms with van der Waals surface area (Å²) in [6, 6.07) is 4.91. The van der Waals surface area contributed by atoms with E-state index in [0.717, 1.165) is 29.8 Å². The van der Waals surface area contributed by atoms with Gasteiger partial charge in [-0.15, -0.1) is 0 Å². The van der Waals surface area contributed by atoms with Crippen LogP contribution < -0.4 is 0 Å². The Kier molecular flexibility index (Phi) is 5.78. The van der Waals surface area contributed by atoms with Crippen molar-refractivity contribution in [3.05, 3.63) is 29.6 Å². The zero-order chi connectivity index (χ0) is 21.5. The van der Waals surface area contributed by atoms with Crippen LogP contribution in [0.3, 0.4) is 0 Å². The molecule has 2 saturated carbocycles. The van der Waals surface area contributed by atoms with E-state index in [1.54, 1.807) is 0 Å². The van der Waals surface area contributed by atoms with E-state index in [-0.39, 0.29) is 5.97 Å². The van der Waals surface area contributed by atoms with Crippen molar-refractivity contribution >= 4 is 17.0 Å². The van der Waals surface area contributed by atoms with Crippen molar-refractivity contribution in [3.63, 3.8) is 0 Å². The molecule has 3 heterocycles. The van der Waals surface area contributed by atoms with Gasteiger partial charge in [-0.25, -0.2) is 9.78 Å². The Bertz CT molecular complexity index is 937. The summed E-state index contributed by atoms with van der Waals surface area (Å²) in [5.41, 5.74) is 2.55. The van der Waals surface area contributed by atoms with E-state index >= 15 is 0 Å². The molecular formula is C25H35N3O3. The fourth-order valence-electron chi connectivity index (χ4n) is 5.71. The summed E-state index contributed by atoms with van der Waals surface area (Å²) in [7, 11) is 0. The van der Waals surface area contributed by atoms with E-state index in [1.807, 2.05) is 32.2 Å². The summed E-state index contributed by atoms with van der Waals surface area (Å²) < 4.78 is 13.7. The van der Waals surface area contributed by atoms with Crippen LogP contribution in [0.5, 0.6) is 0 Å². The van der Waals surface area contributed by atoms with Crippen LogP contribution in [0.2, 0.25) is 0 Å². The number of pyridine rings is 1. The van der Waals surface area contributed by atoms with Crippen LogP contribution in [-0.4, -0.2) is 58.4 Å². The molecule has 3 fully saturated rings. The van der Waals surface area contributed by atoms with Crippen molar-refractivity contribution in [1.82, 2.24) is 14.5 Å². The molecule has 2 aliphatic carbocycles. The van der Waals surface area contributed by atoms with Crippen LogP contribution in [-0.2, 0) is 9.47 Å². The van der Waals surface area contributed by atoms with E-state index in [4.69, 9.17) is 9.47 Å². The van der Waals surface area contributed by atoms with E-state index < -0.39 is 0 Å². The van der Waals surface area contributed by atoms with Gasteiger partial charge in [0.15, 0.2) is 0 Å². The molecular weight excluding hydrogens is 390 g/mol. The highest BCUT2D eigenvalue weighted by Gasteiger charge is 2.39. The third-order valence-corrected chi connectivity index (χ3v) is 7.62. The summed E-state index contributed by atoms with van der Waals surface area (Å²) in [4.78, 5) is 20.0. The van der Waals surface area contributed by atoms with Gasteiger partial charge in [-0.1, -0.05) is 0 Å². The molecule has 1 atom stereocenters. The van der Waals surface area contributed by atoms with Crippen molar-refractivity contribution in [3.8, 4) is 0 Å². The largest absolute Gasteiger partial charge is 0.462 e. The molecule has 3 aliphatic rings. The van der Waals surface area contributed by atoms with Gasteiger partial charge >= 0.3 is 5.97 Å². The van der Waals surface area contributed by atoms with Crippen molar-refractivity contribution in [2.24, 2.45) is 5.92 Å². The van der Waals surface area contributed by atoms with E-state index in [1.165, 1.54) is 38.5 Å². The summed E-state index contributed by atoms with van der Waals surface area (Å²) in [5, 5.41) is 0.904. The maximum Gasteiger partial charge on any atom is 0.340 e. The molecule has 2 aromatic rings. The number of hydrogen-bond acceptors (Lipinski definition) is 5. The average Bonchev–Trinajstić information content (AvgIpc) is 3.51. The second-order valence-corrected chi connectivity index (χ2v) is 9.65. The highest BCUT2D eigenvalue weighted by Crippen LogP contribution is 2.39. The van der Waals surface area contributed by atoms with Gasteiger partial charge in [-0.3, -0.25) is 4.90 Å². The SMILES string of the molecule is CCOC(=O)c1c(C)n([C@H](C)C2CCC(N3CC(OC4CC4)C3)CC2)c2ncccc12. The third kappa shape index (κ3) is 4.00. The number of ether oxygens (including phenoxy) is 2. The van der Waals surface area contributed by atoms with Crippen molar-refractivity contribution < 1.29 is 14.3 Å². The molecule has 0 aromatic carbocycles. The molecule has 0 unspecified atom stereocenters. The number of fused-ring (bicyclic) bond motifs is 1. The Morgan fingerprint density at radius 3 is 2.58 bits per heavy atom. The lowest BCUT2D eigenvalue weighted by atomic mass is 9.80. The molecule has 6 heteroatoms. The van der Waals surface area contributed by atoms with Crippen LogP contribution >= 0.6 is 0 Å². The van der Waals surface area contributed by atoms with E-state index in [0.29, 0.717) is 42.4 Å². The zero-order valence-electron chi connectivity index (χ0n) is 19.0. The van der Waals surface area contributed by atoms with Gasteiger partial charge in [0, 0.05) is 42.5 Å². The first-order valence-corrected chi connectivity index (χ1v) is 12.1. The minimum atomic E-state index is -0.242. The molecule has 0 amide bonds. The maximum atomic E-state index is 12.7. The number of hydrogen-bond donors (Lipinski definition) is 0. The average molecular weight is 426 g/mol. The van der Waals surface area contributed by atoms with Gasteiger partial charge < -0.3 is 14.0 Å². The van der Waals surface area contributed by atoms with Crippen molar-refractivity contribution in [1.29, 1.82) is 0 Å². The molecule has 0 spiro atoms. The van der Waals surface area contributed by atoms with Gasteiger partial charge in [0.1, 0.15) is 5.65 Å². The van der Waals surface area contributed by atoms with Crippen LogP contribution in [0.25, 0.3) is 11.0 Å². The summed E-state index contributed by atoms with van der Waals surface area (Å²) in [6.45, 7) is 8.81. The summed E-state index contributed by atoms with van der Waals surface area (Å²) >= 11 is 0. The number of rotatable bonds is 7. The topological polar surface area (TPSA) is 56.6 Å². The lowest BCUT2D eigenvalue weighted by Crippen LogP contribution is -2.57. The van der Waals surface area contributed by atoms with Gasteiger partial charge in [-0.2, -0.15) is 0 Å². The lowest BCUT2D eigenvalue weighted by Gasteiger charge is -2.47. The highest BCUT2D eigenvalue weighted by molar-refractivity contribution is 6.05. The van der Waals surface area contributed by atoms with Crippen LogP contribution in [0.4, 0.5) is 0 Å². The van der Waals surface area contributed by atoms with Crippen LogP contribution in [0, 0.1) is 12.8 Å². The molecule has 5 rings (SSSR count). The normalized spacial score (nSPS) is 26.0. The smallest absolute Gasteiger partial charge is 0.340 e. The number of aromatic nitrogens is 2. The van der Waals surface area contributed by atoms with Gasteiger partial charge in [0.25, 0.3) is 0 Å². The fourth-order valence-corrected chi connectivity index (χ4v) is 5.71. The Hall–Kier alpha value is -1.92. The lowest BCUT2D eigenvalue weighted by molar-refractivity contribution is -0.0864. The standard InChI is InChI=1S/C25H35N3O3/c1-4-30-25(29)23-17(3)28(24-22(23)6-5-13-26-24)16(2)18-7-9-19(10-8-18)27-14-21(15-27)31-20-11-12-20/h5-6,13,16,18-21H,4,7-12,14-15H2,1-3H3/t16-,18?,19?/m1/s1. The van der Waals surface area contributed by atoms with Gasteiger partial charge in [-0.05, 0) is 77.3 Å². The van der Waals surface area contributed by atoms with Crippen molar-refractivity contribution in [2.45, 2.75) is 83.6 Å². The second kappa shape index (κ2) is 8.55. The number of likely N-dealkylation sites (tertiary alicyclic amines) is 1. The Morgan fingerprint density at radius 1 is 1.16 bits per heavy atom. The van der Waals surface area contributed by atoms with E-state index in [9.17, 15) is 4.79 Å². The first-order chi connectivity index (χ1) is 15.1. The Morgan fingerprint density at radius 2 is 1.90 bits per heavy atom. The van der Waals surface area contributed by atoms with E-state index in [2.05, 4.69) is 21.4 Å². The number of nitrogens with zero attached hydrogens (tertiary/aromatic N) is 3. The minimum absolute atomic E-state index is 0.242. The molecule has 0 radical (unpaired) electrons. The van der Waals surface area contributed by atoms with Crippen LogP contribution in [0.1, 0.15) is 74.5 Å². The minimum Gasteiger partial charge on any atom is -0.462 e. The van der Waals surface area contributed by atoms with Crippen molar-refractivity contribution in [2.75, 3.05) is 19.7 Å². The molecule has 31 heavy (non-hydrogen) atoms. The molecule has 6 nitrogen and oxygen atoms in total. The quantitative estimate of drug-likeness (QED) is 0.611. The maximum absolute atomic E-state index is 12.7. The predicted octanol–water partition coefficient (Wildman–Crippen LogP) is 4.50. The fraction of sp³-hybridized carbons (Fsp3) is 0.680. The first kappa shape index (κ1) is 21.0. The van der Waals surface area contributed by atoms with Crippen LogP contribution in [0.15, 0.2) is 18.3 Å². The Labute approximate surface area is 184 Å². The predicted molar refractivity (Wildman–Crippen MR) is 120 cm³/mol.